The molecule has 23 heavy (non-hydrogen) atoms. The first-order valence-electron chi connectivity index (χ1n) is 7.28. The van der Waals surface area contributed by atoms with Gasteiger partial charge in [-0.2, -0.15) is 5.26 Å². The first-order chi connectivity index (χ1) is 11.2. The molecule has 2 amide bonds. The topological polar surface area (TPSA) is 82.0 Å². The van der Waals surface area contributed by atoms with E-state index in [2.05, 4.69) is 10.6 Å². The number of nitrogens with one attached hydrogen (secondary N) is 2. The van der Waals surface area contributed by atoms with Crippen molar-refractivity contribution in [3.8, 4) is 17.2 Å². The second kappa shape index (κ2) is 8.35. The van der Waals surface area contributed by atoms with Crippen molar-refractivity contribution in [1.82, 2.24) is 10.6 Å². The van der Waals surface area contributed by atoms with Gasteiger partial charge < -0.3 is 10.6 Å². The summed E-state index contributed by atoms with van der Waals surface area (Å²) < 4.78 is 0. The summed E-state index contributed by atoms with van der Waals surface area (Å²) >= 11 is 0. The quantitative estimate of drug-likeness (QED) is 0.802. The second-order valence-electron chi connectivity index (χ2n) is 4.88. The van der Waals surface area contributed by atoms with Gasteiger partial charge in [-0.25, -0.2) is 0 Å². The summed E-state index contributed by atoms with van der Waals surface area (Å²) in [5, 5.41) is 13.6. The molecular weight excluding hydrogens is 290 g/mol. The predicted octanol–water partition coefficient (Wildman–Crippen LogP) is 2.11. The SMILES string of the molecule is N#CCC(=O)NCCNC(=O)c1ccc(-c2ccccc2)cc1. The van der Waals surface area contributed by atoms with Crippen molar-refractivity contribution in [2.45, 2.75) is 6.42 Å². The van der Waals surface area contributed by atoms with E-state index in [0.717, 1.165) is 11.1 Å². The predicted molar refractivity (Wildman–Crippen MR) is 87.5 cm³/mol. The molecule has 2 rings (SSSR count). The minimum atomic E-state index is -0.339. The molecule has 0 aromatic heterocycles. The molecule has 0 saturated heterocycles. The van der Waals surface area contributed by atoms with Crippen LogP contribution in [0.2, 0.25) is 0 Å². The molecule has 5 heteroatoms. The summed E-state index contributed by atoms with van der Waals surface area (Å²) in [5.41, 5.74) is 2.71. The molecule has 2 aromatic rings. The highest BCUT2D eigenvalue weighted by Crippen LogP contribution is 2.19. The molecule has 0 spiro atoms. The molecule has 0 saturated carbocycles. The highest BCUT2D eigenvalue weighted by molar-refractivity contribution is 5.94. The molecular formula is C18H17N3O2. The molecule has 0 aliphatic heterocycles. The summed E-state index contributed by atoms with van der Waals surface area (Å²) in [6.45, 7) is 0.616. The van der Waals surface area contributed by atoms with Gasteiger partial charge in [0.25, 0.3) is 5.91 Å². The van der Waals surface area contributed by atoms with Crippen LogP contribution in [-0.2, 0) is 4.79 Å². The fourth-order valence-corrected chi connectivity index (χ4v) is 2.06. The number of rotatable bonds is 6. The number of carbonyl (C=O) groups excluding carboxylic acids is 2. The van der Waals surface area contributed by atoms with Gasteiger partial charge >= 0.3 is 0 Å². The maximum atomic E-state index is 12.0. The van der Waals surface area contributed by atoms with Crippen LogP contribution in [0.15, 0.2) is 54.6 Å². The largest absolute Gasteiger partial charge is 0.353 e. The minimum absolute atomic E-state index is 0.172. The van der Waals surface area contributed by atoms with Gasteiger partial charge in [-0.3, -0.25) is 9.59 Å². The van der Waals surface area contributed by atoms with Crippen LogP contribution in [0.3, 0.4) is 0 Å². The number of benzene rings is 2. The fourth-order valence-electron chi connectivity index (χ4n) is 2.06. The van der Waals surface area contributed by atoms with Crippen LogP contribution < -0.4 is 10.6 Å². The molecule has 0 fully saturated rings. The molecule has 2 aromatic carbocycles. The normalized spacial score (nSPS) is 9.70. The highest BCUT2D eigenvalue weighted by atomic mass is 16.2. The van der Waals surface area contributed by atoms with Gasteiger partial charge in [-0.1, -0.05) is 42.5 Å². The molecule has 0 heterocycles. The number of nitrogens with zero attached hydrogens (tertiary/aromatic N) is 1. The number of hydrogen-bond donors (Lipinski definition) is 2. The van der Waals surface area contributed by atoms with Crippen molar-refractivity contribution in [2.24, 2.45) is 0 Å². The Morgan fingerprint density at radius 3 is 2.13 bits per heavy atom. The number of amides is 2. The Morgan fingerprint density at radius 2 is 1.48 bits per heavy atom. The zero-order valence-corrected chi connectivity index (χ0v) is 12.6. The average Bonchev–Trinajstić information content (AvgIpc) is 2.60. The van der Waals surface area contributed by atoms with Crippen LogP contribution in [0.5, 0.6) is 0 Å². The molecule has 0 radical (unpaired) electrons. The number of nitriles is 1. The summed E-state index contributed by atoms with van der Waals surface area (Å²) in [7, 11) is 0. The Balaban J connectivity index is 1.84. The van der Waals surface area contributed by atoms with Gasteiger partial charge in [0.15, 0.2) is 0 Å². The first-order valence-corrected chi connectivity index (χ1v) is 7.28. The van der Waals surface area contributed by atoms with Crippen LogP contribution in [-0.4, -0.2) is 24.9 Å². The fraction of sp³-hybridized carbons (Fsp3) is 0.167. The van der Waals surface area contributed by atoms with Crippen LogP contribution >= 0.6 is 0 Å². The Kier molecular flexibility index (Phi) is 5.89. The van der Waals surface area contributed by atoms with Crippen molar-refractivity contribution < 1.29 is 9.59 Å². The molecule has 0 bridgehead atoms. The van der Waals surface area contributed by atoms with E-state index in [4.69, 9.17) is 5.26 Å². The van der Waals surface area contributed by atoms with Gasteiger partial charge in [-0.05, 0) is 23.3 Å². The van der Waals surface area contributed by atoms with Gasteiger partial charge in [-0.15, -0.1) is 0 Å². The second-order valence-corrected chi connectivity index (χ2v) is 4.88. The summed E-state index contributed by atoms with van der Waals surface area (Å²) in [5.74, 6) is -0.534. The zero-order chi connectivity index (χ0) is 16.5. The lowest BCUT2D eigenvalue weighted by atomic mass is 10.0. The summed E-state index contributed by atoms with van der Waals surface area (Å²) in [4.78, 5) is 23.1. The van der Waals surface area contributed by atoms with Crippen molar-refractivity contribution in [1.29, 1.82) is 5.26 Å². The van der Waals surface area contributed by atoms with Crippen molar-refractivity contribution >= 4 is 11.8 Å². The maximum absolute atomic E-state index is 12.0. The minimum Gasteiger partial charge on any atom is -0.353 e. The Labute approximate surface area is 134 Å². The lowest BCUT2D eigenvalue weighted by Gasteiger charge is -2.07. The lowest BCUT2D eigenvalue weighted by Crippen LogP contribution is -2.34. The smallest absolute Gasteiger partial charge is 0.251 e. The maximum Gasteiger partial charge on any atom is 0.251 e. The molecule has 5 nitrogen and oxygen atoms in total. The third kappa shape index (κ3) is 4.97. The molecule has 116 valence electrons. The van der Waals surface area contributed by atoms with Crippen molar-refractivity contribution in [2.75, 3.05) is 13.1 Å². The number of carbonyl (C=O) groups is 2. The van der Waals surface area contributed by atoms with Gasteiger partial charge in [0.05, 0.1) is 6.07 Å². The van der Waals surface area contributed by atoms with E-state index in [9.17, 15) is 9.59 Å². The monoisotopic (exact) mass is 307 g/mol. The van der Waals surface area contributed by atoms with E-state index >= 15 is 0 Å². The highest BCUT2D eigenvalue weighted by Gasteiger charge is 2.06. The Morgan fingerprint density at radius 1 is 0.870 bits per heavy atom. The summed E-state index contributed by atoms with van der Waals surface area (Å²) in [6.07, 6.45) is -0.172. The van der Waals surface area contributed by atoms with Gasteiger partial charge in [0.2, 0.25) is 5.91 Å². The zero-order valence-electron chi connectivity index (χ0n) is 12.6. The van der Waals surface area contributed by atoms with E-state index in [1.165, 1.54) is 0 Å². The summed E-state index contributed by atoms with van der Waals surface area (Å²) in [6, 6.07) is 19.0. The molecule has 0 aliphatic carbocycles. The van der Waals surface area contributed by atoms with Gasteiger partial charge in [0.1, 0.15) is 6.42 Å². The third-order valence-corrected chi connectivity index (χ3v) is 3.23. The third-order valence-electron chi connectivity index (χ3n) is 3.23. The lowest BCUT2D eigenvalue weighted by molar-refractivity contribution is -0.120. The molecule has 0 aliphatic rings. The first kappa shape index (κ1) is 16.2. The van der Waals surface area contributed by atoms with Gasteiger partial charge in [0, 0.05) is 18.7 Å². The van der Waals surface area contributed by atoms with Crippen LogP contribution in [0.25, 0.3) is 11.1 Å². The molecule has 0 unspecified atom stereocenters. The van der Waals surface area contributed by atoms with E-state index < -0.39 is 0 Å². The van der Waals surface area contributed by atoms with Crippen molar-refractivity contribution in [3.05, 3.63) is 60.2 Å². The van der Waals surface area contributed by atoms with Crippen molar-refractivity contribution in [3.63, 3.8) is 0 Å². The number of hydrogen-bond acceptors (Lipinski definition) is 3. The standard InChI is InChI=1S/C18H17N3O2/c19-11-10-17(22)20-12-13-21-18(23)16-8-6-15(7-9-16)14-4-2-1-3-5-14/h1-9H,10,12-13H2,(H,20,22)(H,21,23). The van der Waals surface area contributed by atoms with E-state index in [1.807, 2.05) is 42.5 Å². The van der Waals surface area contributed by atoms with E-state index in [0.29, 0.717) is 18.7 Å². The van der Waals surface area contributed by atoms with Crippen LogP contribution in [0, 0.1) is 11.3 Å². The van der Waals surface area contributed by atoms with Crippen LogP contribution in [0.4, 0.5) is 0 Å². The average molecular weight is 307 g/mol. The molecule has 2 N–H and O–H groups in total. The van der Waals surface area contributed by atoms with E-state index in [1.54, 1.807) is 18.2 Å². The van der Waals surface area contributed by atoms with E-state index in [-0.39, 0.29) is 18.2 Å². The molecule has 0 atom stereocenters. The van der Waals surface area contributed by atoms with Crippen LogP contribution in [0.1, 0.15) is 16.8 Å². The Bertz CT molecular complexity index is 703. The Hall–Kier alpha value is -3.13.